The van der Waals surface area contributed by atoms with Crippen LogP contribution in [0.2, 0.25) is 0 Å². The average molecular weight is 368 g/mol. The molecule has 3 aliphatic rings. The van der Waals surface area contributed by atoms with Gasteiger partial charge in [-0.3, -0.25) is 4.90 Å². The highest BCUT2D eigenvalue weighted by Crippen LogP contribution is 2.38. The number of fused-ring (bicyclic) bond motifs is 1. The number of hydrogen-bond acceptors (Lipinski definition) is 7. The monoisotopic (exact) mass is 368 g/mol. The Morgan fingerprint density at radius 3 is 2.81 bits per heavy atom. The zero-order valence-corrected chi connectivity index (χ0v) is 15.3. The van der Waals surface area contributed by atoms with Crippen molar-refractivity contribution in [2.24, 2.45) is 5.92 Å². The number of aromatic nitrogens is 2. The van der Waals surface area contributed by atoms with Crippen molar-refractivity contribution in [1.82, 2.24) is 14.9 Å². The van der Waals surface area contributed by atoms with Gasteiger partial charge in [-0.15, -0.1) is 0 Å². The molecule has 1 atom stereocenters. The van der Waals surface area contributed by atoms with E-state index in [0.717, 1.165) is 50.7 Å². The van der Waals surface area contributed by atoms with E-state index in [-0.39, 0.29) is 5.60 Å². The minimum absolute atomic E-state index is 0.0517. The second kappa shape index (κ2) is 6.98. The third kappa shape index (κ3) is 3.57. The van der Waals surface area contributed by atoms with Gasteiger partial charge in [-0.05, 0) is 42.5 Å². The van der Waals surface area contributed by atoms with Gasteiger partial charge >= 0.3 is 0 Å². The van der Waals surface area contributed by atoms with Crippen molar-refractivity contribution in [3.8, 4) is 11.5 Å². The molecule has 2 saturated heterocycles. The fraction of sp³-hybridized carbons (Fsp3) is 0.500. The predicted molar refractivity (Wildman–Crippen MR) is 99.8 cm³/mol. The predicted octanol–water partition coefficient (Wildman–Crippen LogP) is 2.30. The Morgan fingerprint density at radius 1 is 1.15 bits per heavy atom. The van der Waals surface area contributed by atoms with Gasteiger partial charge in [0.15, 0.2) is 11.5 Å². The molecular weight excluding hydrogens is 344 g/mol. The molecule has 1 aromatic heterocycles. The van der Waals surface area contributed by atoms with Crippen molar-refractivity contribution in [2.75, 3.05) is 38.4 Å². The van der Waals surface area contributed by atoms with E-state index in [1.807, 2.05) is 12.1 Å². The number of hydrogen-bond donors (Lipinski definition) is 1. The van der Waals surface area contributed by atoms with Crippen LogP contribution in [-0.2, 0) is 11.3 Å². The molecule has 142 valence electrons. The number of anilines is 1. The van der Waals surface area contributed by atoms with Crippen LogP contribution in [0.5, 0.6) is 11.5 Å². The van der Waals surface area contributed by atoms with E-state index < -0.39 is 0 Å². The molecule has 27 heavy (non-hydrogen) atoms. The molecule has 3 aliphatic heterocycles. The first-order valence-corrected chi connectivity index (χ1v) is 9.54. The maximum atomic E-state index is 6.28. The van der Waals surface area contributed by atoms with Crippen molar-refractivity contribution in [3.05, 3.63) is 42.2 Å². The number of likely N-dealkylation sites (tertiary alicyclic amines) is 1. The minimum atomic E-state index is 0.0517. The van der Waals surface area contributed by atoms with E-state index >= 15 is 0 Å². The Morgan fingerprint density at radius 2 is 2.00 bits per heavy atom. The number of ether oxygens (including phenoxy) is 3. The third-order valence-corrected chi connectivity index (χ3v) is 5.61. The maximum Gasteiger partial charge on any atom is 0.231 e. The van der Waals surface area contributed by atoms with Crippen LogP contribution in [0.15, 0.2) is 36.7 Å². The van der Waals surface area contributed by atoms with Gasteiger partial charge in [0.25, 0.3) is 0 Å². The molecule has 1 aromatic carbocycles. The van der Waals surface area contributed by atoms with Gasteiger partial charge in [0.05, 0.1) is 12.2 Å². The smallest absolute Gasteiger partial charge is 0.231 e. The van der Waals surface area contributed by atoms with Gasteiger partial charge in [0, 0.05) is 38.6 Å². The number of benzene rings is 1. The summed E-state index contributed by atoms with van der Waals surface area (Å²) in [5.41, 5.74) is 1.31. The summed E-state index contributed by atoms with van der Waals surface area (Å²) in [6.45, 7) is 4.93. The van der Waals surface area contributed by atoms with E-state index in [2.05, 4.69) is 32.3 Å². The van der Waals surface area contributed by atoms with Gasteiger partial charge < -0.3 is 19.5 Å². The van der Waals surface area contributed by atoms with Crippen LogP contribution in [0.25, 0.3) is 0 Å². The Bertz CT molecular complexity index is 785. The van der Waals surface area contributed by atoms with Gasteiger partial charge in [-0.25, -0.2) is 9.97 Å². The summed E-state index contributed by atoms with van der Waals surface area (Å²) in [6, 6.07) is 8.03. The molecule has 1 spiro atoms. The van der Waals surface area contributed by atoms with Crippen LogP contribution < -0.4 is 14.8 Å². The second-order valence-corrected chi connectivity index (χ2v) is 7.68. The quantitative estimate of drug-likeness (QED) is 0.868. The molecule has 0 amide bonds. The van der Waals surface area contributed by atoms with E-state index in [1.165, 1.54) is 12.0 Å². The molecule has 2 aromatic rings. The molecule has 1 N–H and O–H groups in total. The van der Waals surface area contributed by atoms with Crippen molar-refractivity contribution in [2.45, 2.75) is 25.0 Å². The van der Waals surface area contributed by atoms with E-state index in [1.54, 1.807) is 12.4 Å². The Kier molecular flexibility index (Phi) is 4.33. The summed E-state index contributed by atoms with van der Waals surface area (Å²) >= 11 is 0. The first-order chi connectivity index (χ1) is 13.3. The van der Waals surface area contributed by atoms with Crippen LogP contribution in [-0.4, -0.2) is 53.5 Å². The molecule has 7 heteroatoms. The first kappa shape index (κ1) is 16.8. The summed E-state index contributed by atoms with van der Waals surface area (Å²) in [7, 11) is 0. The maximum absolute atomic E-state index is 6.28. The Balaban J connectivity index is 1.07. The van der Waals surface area contributed by atoms with Gasteiger partial charge in [0.1, 0.15) is 0 Å². The standard InChI is InChI=1S/C20H24N4O3/c1-6-21-19(22-7-1)23-9-16-4-5-20(27-11-16)12-24(13-20)10-15-2-3-17-18(8-15)26-14-25-17/h1-3,6-8,16H,4-5,9-14H2,(H,21,22,23)/t16-/m1/s1. The third-order valence-electron chi connectivity index (χ3n) is 5.61. The summed E-state index contributed by atoms with van der Waals surface area (Å²) < 4.78 is 17.1. The van der Waals surface area contributed by atoms with Crippen molar-refractivity contribution >= 4 is 5.95 Å². The fourth-order valence-corrected chi connectivity index (χ4v) is 4.13. The molecule has 5 rings (SSSR count). The van der Waals surface area contributed by atoms with Crippen LogP contribution in [0.4, 0.5) is 5.95 Å². The highest BCUT2D eigenvalue weighted by atomic mass is 16.7. The number of nitrogens with zero attached hydrogens (tertiary/aromatic N) is 3. The van der Waals surface area contributed by atoms with Crippen molar-refractivity contribution in [1.29, 1.82) is 0 Å². The lowest BCUT2D eigenvalue weighted by atomic mass is 9.82. The Hall–Kier alpha value is -2.38. The minimum Gasteiger partial charge on any atom is -0.454 e. The molecule has 0 radical (unpaired) electrons. The van der Waals surface area contributed by atoms with Gasteiger partial charge in [-0.2, -0.15) is 0 Å². The average Bonchev–Trinajstić information content (AvgIpc) is 3.15. The van der Waals surface area contributed by atoms with Crippen LogP contribution in [0.3, 0.4) is 0 Å². The molecular formula is C20H24N4O3. The summed E-state index contributed by atoms with van der Waals surface area (Å²) in [5.74, 6) is 2.91. The molecule has 0 unspecified atom stereocenters. The highest BCUT2D eigenvalue weighted by Gasteiger charge is 2.46. The fourth-order valence-electron chi connectivity index (χ4n) is 4.13. The van der Waals surface area contributed by atoms with Crippen LogP contribution in [0.1, 0.15) is 18.4 Å². The SMILES string of the molecule is c1cnc(NC[C@H]2CCC3(CN(Cc4ccc5c(c4)OCO5)C3)OC2)nc1. The second-order valence-electron chi connectivity index (χ2n) is 7.68. The largest absolute Gasteiger partial charge is 0.454 e. The topological polar surface area (TPSA) is 68.7 Å². The molecule has 2 fully saturated rings. The lowest BCUT2D eigenvalue weighted by Gasteiger charge is -2.53. The van der Waals surface area contributed by atoms with E-state index in [9.17, 15) is 0 Å². The normalized spacial score (nSPS) is 23.2. The molecule has 0 saturated carbocycles. The summed E-state index contributed by atoms with van der Waals surface area (Å²) in [6.07, 6.45) is 5.81. The lowest BCUT2D eigenvalue weighted by molar-refractivity contribution is -0.180. The number of nitrogens with one attached hydrogen (secondary N) is 1. The van der Waals surface area contributed by atoms with Crippen molar-refractivity contribution in [3.63, 3.8) is 0 Å². The van der Waals surface area contributed by atoms with Gasteiger partial charge in [0.2, 0.25) is 12.7 Å². The van der Waals surface area contributed by atoms with Crippen LogP contribution >= 0.6 is 0 Å². The van der Waals surface area contributed by atoms with E-state index in [0.29, 0.717) is 18.7 Å². The molecule has 7 nitrogen and oxygen atoms in total. The first-order valence-electron chi connectivity index (χ1n) is 9.54. The molecule has 0 aliphatic carbocycles. The molecule has 0 bridgehead atoms. The zero-order chi connectivity index (χ0) is 18.1. The van der Waals surface area contributed by atoms with Crippen molar-refractivity contribution < 1.29 is 14.2 Å². The van der Waals surface area contributed by atoms with Gasteiger partial charge in [-0.1, -0.05) is 6.07 Å². The van der Waals surface area contributed by atoms with Crippen LogP contribution in [0, 0.1) is 5.92 Å². The zero-order valence-electron chi connectivity index (χ0n) is 15.3. The molecule has 4 heterocycles. The highest BCUT2D eigenvalue weighted by molar-refractivity contribution is 5.44. The Labute approximate surface area is 158 Å². The van der Waals surface area contributed by atoms with E-state index in [4.69, 9.17) is 14.2 Å². The summed E-state index contributed by atoms with van der Waals surface area (Å²) in [5, 5.41) is 3.30. The summed E-state index contributed by atoms with van der Waals surface area (Å²) in [4.78, 5) is 10.8. The lowest BCUT2D eigenvalue weighted by Crippen LogP contribution is -2.64. The number of rotatable bonds is 5.